The third kappa shape index (κ3) is 6.17. The first-order chi connectivity index (χ1) is 12.2. The summed E-state index contributed by atoms with van der Waals surface area (Å²) in [6.45, 7) is 6.39. The van der Waals surface area contributed by atoms with Crippen molar-refractivity contribution in [1.29, 1.82) is 0 Å². The molecule has 3 rings (SSSR count). The molecule has 0 spiro atoms. The average Bonchev–Trinajstić information content (AvgIpc) is 2.98. The Balaban J connectivity index is 0.000000399. The summed E-state index contributed by atoms with van der Waals surface area (Å²) in [5, 5.41) is 3.11. The zero-order valence-electron chi connectivity index (χ0n) is 15.2. The van der Waals surface area contributed by atoms with E-state index in [-0.39, 0.29) is 5.78 Å². The number of nitrogens with one attached hydrogen (secondary N) is 1. The smallest absolute Gasteiger partial charge is 0.185 e. The topological polar surface area (TPSA) is 29.1 Å². The lowest BCUT2D eigenvalue weighted by Crippen LogP contribution is -2.09. The first-order valence-corrected chi connectivity index (χ1v) is 9.01. The Morgan fingerprint density at radius 2 is 1.16 bits per heavy atom. The first kappa shape index (κ1) is 18.9. The maximum absolute atomic E-state index is 12.4. The molecule has 0 unspecified atom stereocenters. The van der Waals surface area contributed by atoms with Crippen molar-refractivity contribution in [1.82, 2.24) is 5.32 Å². The molecule has 1 aliphatic carbocycles. The van der Waals surface area contributed by atoms with Crippen molar-refractivity contribution in [3.05, 3.63) is 82.9 Å². The fraction of sp³-hybridized carbons (Fsp3) is 0.261. The van der Waals surface area contributed by atoms with Crippen LogP contribution in [0.15, 0.2) is 71.8 Å². The van der Waals surface area contributed by atoms with Crippen molar-refractivity contribution < 1.29 is 4.79 Å². The Morgan fingerprint density at radius 1 is 0.760 bits per heavy atom. The van der Waals surface area contributed by atoms with Crippen LogP contribution in [-0.2, 0) is 4.79 Å². The normalized spacial score (nSPS) is 16.8. The molecular weight excluding hydrogens is 306 g/mol. The molecular formula is C23H27NO. The molecule has 2 heteroatoms. The van der Waals surface area contributed by atoms with Crippen LogP contribution >= 0.6 is 0 Å². The van der Waals surface area contributed by atoms with Crippen LogP contribution in [-0.4, -0.2) is 18.9 Å². The fourth-order valence-corrected chi connectivity index (χ4v) is 2.73. The van der Waals surface area contributed by atoms with Gasteiger partial charge < -0.3 is 5.32 Å². The molecule has 1 N–H and O–H groups in total. The lowest BCUT2D eigenvalue weighted by atomic mass is 10.1. The van der Waals surface area contributed by atoms with Gasteiger partial charge >= 0.3 is 0 Å². The summed E-state index contributed by atoms with van der Waals surface area (Å²) < 4.78 is 0. The number of hydrogen-bond acceptors (Lipinski definition) is 2. The molecule has 2 aromatic rings. The summed E-state index contributed by atoms with van der Waals surface area (Å²) in [6, 6.07) is 20.0. The van der Waals surface area contributed by atoms with Gasteiger partial charge in [-0.15, -0.1) is 0 Å². The van der Waals surface area contributed by atoms with Gasteiger partial charge in [-0.2, -0.15) is 0 Å². The SMILES string of the molecule is CCNCC.O=C1C(=Cc2ccccc2)CCC1=Cc1ccccc1. The Kier molecular flexibility index (Phi) is 7.87. The van der Waals surface area contributed by atoms with Crippen LogP contribution in [0.25, 0.3) is 12.2 Å². The van der Waals surface area contributed by atoms with Gasteiger partial charge in [0.05, 0.1) is 0 Å². The molecule has 1 fully saturated rings. The largest absolute Gasteiger partial charge is 0.317 e. The van der Waals surface area contributed by atoms with Gasteiger partial charge in [0.2, 0.25) is 0 Å². The highest BCUT2D eigenvalue weighted by molar-refractivity contribution is 6.15. The number of benzene rings is 2. The Hall–Kier alpha value is -2.45. The number of rotatable bonds is 4. The van der Waals surface area contributed by atoms with E-state index < -0.39 is 0 Å². The molecule has 130 valence electrons. The van der Waals surface area contributed by atoms with Crippen LogP contribution in [0.1, 0.15) is 37.8 Å². The molecule has 0 radical (unpaired) electrons. The van der Waals surface area contributed by atoms with Crippen molar-refractivity contribution in [2.75, 3.05) is 13.1 Å². The third-order valence-corrected chi connectivity index (χ3v) is 4.03. The second-order valence-electron chi connectivity index (χ2n) is 5.95. The summed E-state index contributed by atoms with van der Waals surface area (Å²) in [5.41, 5.74) is 4.02. The van der Waals surface area contributed by atoms with Gasteiger partial charge in [0.1, 0.15) is 0 Å². The number of carbonyl (C=O) groups excluding carboxylic acids is 1. The van der Waals surface area contributed by atoms with E-state index in [4.69, 9.17) is 0 Å². The molecule has 0 bridgehead atoms. The van der Waals surface area contributed by atoms with Gasteiger partial charge in [-0.25, -0.2) is 0 Å². The van der Waals surface area contributed by atoms with E-state index in [0.29, 0.717) is 0 Å². The number of ketones is 1. The van der Waals surface area contributed by atoms with E-state index in [1.54, 1.807) is 0 Å². The average molecular weight is 333 g/mol. The molecule has 0 aromatic heterocycles. The van der Waals surface area contributed by atoms with Crippen LogP contribution in [0.3, 0.4) is 0 Å². The number of hydrogen-bond donors (Lipinski definition) is 1. The molecule has 1 aliphatic rings. The zero-order chi connectivity index (χ0) is 17.9. The second-order valence-corrected chi connectivity index (χ2v) is 5.95. The van der Waals surface area contributed by atoms with Crippen molar-refractivity contribution in [3.63, 3.8) is 0 Å². The minimum atomic E-state index is 0.192. The summed E-state index contributed by atoms with van der Waals surface area (Å²) >= 11 is 0. The number of carbonyl (C=O) groups is 1. The van der Waals surface area contributed by atoms with E-state index in [9.17, 15) is 4.79 Å². The van der Waals surface area contributed by atoms with E-state index in [1.807, 2.05) is 72.8 Å². The van der Waals surface area contributed by atoms with Gasteiger partial charge in [-0.3, -0.25) is 4.79 Å². The molecule has 0 saturated heterocycles. The third-order valence-electron chi connectivity index (χ3n) is 4.03. The van der Waals surface area contributed by atoms with Crippen molar-refractivity contribution in [3.8, 4) is 0 Å². The van der Waals surface area contributed by atoms with Gasteiger partial charge in [0, 0.05) is 11.1 Å². The highest BCUT2D eigenvalue weighted by Gasteiger charge is 2.22. The van der Waals surface area contributed by atoms with E-state index in [0.717, 1.165) is 48.2 Å². The van der Waals surface area contributed by atoms with E-state index in [1.165, 1.54) is 0 Å². The molecule has 0 atom stereocenters. The van der Waals surface area contributed by atoms with Crippen molar-refractivity contribution in [2.45, 2.75) is 26.7 Å². The minimum Gasteiger partial charge on any atom is -0.317 e. The fourth-order valence-electron chi connectivity index (χ4n) is 2.73. The molecule has 0 amide bonds. The number of Topliss-reactive ketones (excluding diaryl/α,β-unsaturated/α-hetero) is 1. The lowest BCUT2D eigenvalue weighted by molar-refractivity contribution is -0.111. The predicted octanol–water partition coefficient (Wildman–Crippen LogP) is 5.13. The first-order valence-electron chi connectivity index (χ1n) is 9.01. The quantitative estimate of drug-likeness (QED) is 0.786. The van der Waals surface area contributed by atoms with Gasteiger partial charge in [-0.05, 0) is 49.2 Å². The van der Waals surface area contributed by atoms with Gasteiger partial charge in [0.25, 0.3) is 0 Å². The second kappa shape index (κ2) is 10.4. The number of allylic oxidation sites excluding steroid dienone is 2. The zero-order valence-corrected chi connectivity index (χ0v) is 15.2. The van der Waals surface area contributed by atoms with Crippen LogP contribution in [0.2, 0.25) is 0 Å². The highest BCUT2D eigenvalue weighted by Crippen LogP contribution is 2.29. The van der Waals surface area contributed by atoms with Crippen LogP contribution in [0.5, 0.6) is 0 Å². The Morgan fingerprint density at radius 3 is 1.48 bits per heavy atom. The Bertz CT molecular complexity index is 653. The van der Waals surface area contributed by atoms with Crippen molar-refractivity contribution >= 4 is 17.9 Å². The lowest BCUT2D eigenvalue weighted by Gasteiger charge is -1.97. The minimum absolute atomic E-state index is 0.192. The van der Waals surface area contributed by atoms with Gasteiger partial charge in [0.15, 0.2) is 5.78 Å². The summed E-state index contributed by atoms with van der Waals surface area (Å²) in [7, 11) is 0. The van der Waals surface area contributed by atoms with E-state index in [2.05, 4.69) is 19.2 Å². The molecule has 1 saturated carbocycles. The van der Waals surface area contributed by atoms with Crippen LogP contribution < -0.4 is 5.32 Å². The van der Waals surface area contributed by atoms with E-state index >= 15 is 0 Å². The summed E-state index contributed by atoms with van der Waals surface area (Å²) in [5.74, 6) is 0.192. The van der Waals surface area contributed by atoms with Crippen molar-refractivity contribution in [2.24, 2.45) is 0 Å². The highest BCUT2D eigenvalue weighted by atomic mass is 16.1. The van der Waals surface area contributed by atoms with Gasteiger partial charge in [-0.1, -0.05) is 74.5 Å². The summed E-state index contributed by atoms with van der Waals surface area (Å²) in [4.78, 5) is 12.4. The predicted molar refractivity (Wildman–Crippen MR) is 107 cm³/mol. The van der Waals surface area contributed by atoms with Crippen LogP contribution in [0, 0.1) is 0 Å². The molecule has 2 aromatic carbocycles. The maximum atomic E-state index is 12.4. The van der Waals surface area contributed by atoms with Crippen LogP contribution in [0.4, 0.5) is 0 Å². The monoisotopic (exact) mass is 333 g/mol. The standard InChI is InChI=1S/C19H16O.C4H11N/c20-19-17(13-15-7-3-1-4-8-15)11-12-18(19)14-16-9-5-2-6-10-16;1-3-5-4-2/h1-10,13-14H,11-12H2;5H,3-4H2,1-2H3. The molecule has 2 nitrogen and oxygen atoms in total. The summed E-state index contributed by atoms with van der Waals surface area (Å²) in [6.07, 6.45) is 5.70. The molecule has 25 heavy (non-hydrogen) atoms. The maximum Gasteiger partial charge on any atom is 0.185 e. The molecule has 0 aliphatic heterocycles. The molecule has 0 heterocycles. The Labute approximate surface area is 151 Å².